The number of nitrogens with one attached hydrogen (secondary N) is 2. The molecule has 0 amide bonds. The Morgan fingerprint density at radius 1 is 1.00 bits per heavy atom. The Morgan fingerprint density at radius 2 is 1.81 bits per heavy atom. The third-order valence-electron chi connectivity index (χ3n) is 3.56. The summed E-state index contributed by atoms with van der Waals surface area (Å²) in [6.07, 6.45) is 1.69. The van der Waals surface area contributed by atoms with Gasteiger partial charge < -0.3 is 10.1 Å². The van der Waals surface area contributed by atoms with Crippen molar-refractivity contribution in [2.45, 2.75) is 6.61 Å². The lowest BCUT2D eigenvalue weighted by atomic mass is 10.2. The molecule has 0 fully saturated rings. The van der Waals surface area contributed by atoms with E-state index in [1.807, 2.05) is 78.9 Å². The number of benzene rings is 3. The van der Waals surface area contributed by atoms with E-state index in [2.05, 4.69) is 15.8 Å². The molecule has 27 heavy (non-hydrogen) atoms. The van der Waals surface area contributed by atoms with Crippen molar-refractivity contribution < 1.29 is 4.74 Å². The van der Waals surface area contributed by atoms with Gasteiger partial charge in [-0.15, -0.1) is 0 Å². The first kappa shape index (κ1) is 18.9. The predicted molar refractivity (Wildman–Crippen MR) is 116 cm³/mol. The van der Waals surface area contributed by atoms with Crippen LogP contribution in [0.25, 0.3) is 0 Å². The second kappa shape index (κ2) is 9.71. The predicted octanol–water partition coefficient (Wildman–Crippen LogP) is 5.24. The van der Waals surface area contributed by atoms with Crippen molar-refractivity contribution in [2.24, 2.45) is 5.10 Å². The lowest BCUT2D eigenvalue weighted by molar-refractivity contribution is 0.306. The standard InChI is InChI=1S/C21H18ClN3OS/c22-18-8-4-7-17(12-18)15-26-20-11-5-6-16(13-20)14-23-25-21(27)24-19-9-2-1-3-10-19/h1-14H,15H2,(H2,24,25,27). The Kier molecular flexibility index (Phi) is 6.79. The van der Waals surface area contributed by atoms with Crippen LogP contribution in [-0.4, -0.2) is 11.3 Å². The third-order valence-corrected chi connectivity index (χ3v) is 3.99. The highest BCUT2D eigenvalue weighted by molar-refractivity contribution is 7.80. The molecule has 0 heterocycles. The molecular weight excluding hydrogens is 378 g/mol. The van der Waals surface area contributed by atoms with Gasteiger partial charge in [0.2, 0.25) is 0 Å². The Balaban J connectivity index is 1.52. The van der Waals surface area contributed by atoms with E-state index >= 15 is 0 Å². The summed E-state index contributed by atoms with van der Waals surface area (Å²) < 4.78 is 5.82. The van der Waals surface area contributed by atoms with Crippen LogP contribution < -0.4 is 15.5 Å². The Bertz CT molecular complexity index is 931. The lowest BCUT2D eigenvalue weighted by Gasteiger charge is -2.08. The second-order valence-electron chi connectivity index (χ2n) is 5.68. The number of rotatable bonds is 6. The van der Waals surface area contributed by atoms with Gasteiger partial charge >= 0.3 is 0 Å². The van der Waals surface area contributed by atoms with Crippen LogP contribution >= 0.6 is 23.8 Å². The zero-order chi connectivity index (χ0) is 18.9. The fourth-order valence-corrected chi connectivity index (χ4v) is 2.71. The van der Waals surface area contributed by atoms with Gasteiger partial charge in [0.1, 0.15) is 12.4 Å². The maximum Gasteiger partial charge on any atom is 0.191 e. The summed E-state index contributed by atoms with van der Waals surface area (Å²) in [7, 11) is 0. The summed E-state index contributed by atoms with van der Waals surface area (Å²) in [6, 6.07) is 24.9. The molecule has 4 nitrogen and oxygen atoms in total. The highest BCUT2D eigenvalue weighted by Crippen LogP contribution is 2.16. The molecule has 136 valence electrons. The van der Waals surface area contributed by atoms with Gasteiger partial charge in [-0.25, -0.2) is 0 Å². The monoisotopic (exact) mass is 395 g/mol. The van der Waals surface area contributed by atoms with E-state index in [1.54, 1.807) is 6.21 Å². The van der Waals surface area contributed by atoms with Crippen molar-refractivity contribution in [3.63, 3.8) is 0 Å². The summed E-state index contributed by atoms with van der Waals surface area (Å²) in [5.74, 6) is 0.754. The first-order valence-electron chi connectivity index (χ1n) is 8.31. The Hall–Kier alpha value is -2.89. The molecule has 0 aromatic heterocycles. The number of nitrogens with zero attached hydrogens (tertiary/aromatic N) is 1. The van der Waals surface area contributed by atoms with Crippen LogP contribution in [0, 0.1) is 0 Å². The number of ether oxygens (including phenoxy) is 1. The van der Waals surface area contributed by atoms with Crippen LogP contribution in [0.3, 0.4) is 0 Å². The van der Waals surface area contributed by atoms with E-state index in [1.165, 1.54) is 0 Å². The number of para-hydroxylation sites is 1. The first-order valence-corrected chi connectivity index (χ1v) is 9.10. The molecule has 0 spiro atoms. The zero-order valence-corrected chi connectivity index (χ0v) is 16.0. The Morgan fingerprint density at radius 3 is 2.63 bits per heavy atom. The summed E-state index contributed by atoms with van der Waals surface area (Å²) in [6.45, 7) is 0.449. The van der Waals surface area contributed by atoms with Crippen molar-refractivity contribution in [2.75, 3.05) is 5.32 Å². The SMILES string of the molecule is S=C(NN=Cc1cccc(OCc2cccc(Cl)c2)c1)Nc1ccccc1. The van der Waals surface area contributed by atoms with Gasteiger partial charge in [-0.3, -0.25) is 5.43 Å². The third kappa shape index (κ3) is 6.40. The topological polar surface area (TPSA) is 45.7 Å². The lowest BCUT2D eigenvalue weighted by Crippen LogP contribution is -2.23. The number of anilines is 1. The van der Waals surface area contributed by atoms with E-state index in [9.17, 15) is 0 Å². The van der Waals surface area contributed by atoms with Crippen molar-refractivity contribution in [1.29, 1.82) is 0 Å². The van der Waals surface area contributed by atoms with Gasteiger partial charge in [-0.05, 0) is 59.7 Å². The zero-order valence-electron chi connectivity index (χ0n) is 14.4. The highest BCUT2D eigenvalue weighted by Gasteiger charge is 1.99. The maximum atomic E-state index is 5.99. The molecule has 0 aliphatic rings. The van der Waals surface area contributed by atoms with Gasteiger partial charge in [0.05, 0.1) is 6.21 Å². The van der Waals surface area contributed by atoms with E-state index in [4.69, 9.17) is 28.6 Å². The van der Waals surface area contributed by atoms with E-state index in [-0.39, 0.29) is 0 Å². The minimum absolute atomic E-state index is 0.422. The molecule has 6 heteroatoms. The molecule has 0 radical (unpaired) electrons. The van der Waals surface area contributed by atoms with Crippen molar-refractivity contribution >= 4 is 40.8 Å². The van der Waals surface area contributed by atoms with Gasteiger partial charge in [0, 0.05) is 10.7 Å². The number of thiocarbonyl (C=S) groups is 1. The van der Waals surface area contributed by atoms with Gasteiger partial charge in [0.25, 0.3) is 0 Å². The Labute approximate surface area is 168 Å². The van der Waals surface area contributed by atoms with Gasteiger partial charge in [0.15, 0.2) is 5.11 Å². The number of hydrogen-bond acceptors (Lipinski definition) is 3. The first-order chi connectivity index (χ1) is 13.2. The molecule has 0 atom stereocenters. The van der Waals surface area contributed by atoms with Crippen molar-refractivity contribution in [1.82, 2.24) is 5.43 Å². The molecule has 3 rings (SSSR count). The van der Waals surface area contributed by atoms with E-state index < -0.39 is 0 Å². The molecule has 3 aromatic rings. The average molecular weight is 396 g/mol. The molecule has 0 saturated carbocycles. The molecule has 0 aliphatic heterocycles. The summed E-state index contributed by atoms with van der Waals surface area (Å²) in [5, 5.41) is 8.33. The van der Waals surface area contributed by atoms with Crippen LogP contribution in [0.4, 0.5) is 5.69 Å². The van der Waals surface area contributed by atoms with Gasteiger partial charge in [-0.2, -0.15) is 5.10 Å². The normalized spacial score (nSPS) is 10.6. The molecule has 2 N–H and O–H groups in total. The number of halogens is 1. The van der Waals surface area contributed by atoms with Crippen molar-refractivity contribution in [3.8, 4) is 5.75 Å². The summed E-state index contributed by atoms with van der Waals surface area (Å²) in [4.78, 5) is 0. The fourth-order valence-electron chi connectivity index (χ4n) is 2.32. The van der Waals surface area contributed by atoms with Gasteiger partial charge in [-0.1, -0.05) is 54.1 Å². The smallest absolute Gasteiger partial charge is 0.191 e. The van der Waals surface area contributed by atoms with Crippen LogP contribution in [0.5, 0.6) is 5.75 Å². The quantitative estimate of drug-likeness (QED) is 0.340. The molecule has 0 aliphatic carbocycles. The van der Waals surface area contributed by atoms with Crippen LogP contribution in [0.1, 0.15) is 11.1 Å². The highest BCUT2D eigenvalue weighted by atomic mass is 35.5. The van der Waals surface area contributed by atoms with Crippen LogP contribution in [-0.2, 0) is 6.61 Å². The maximum absolute atomic E-state index is 5.99. The second-order valence-corrected chi connectivity index (χ2v) is 6.53. The molecular formula is C21H18ClN3OS. The minimum atomic E-state index is 0.422. The number of hydrazone groups is 1. The number of hydrogen-bond donors (Lipinski definition) is 2. The van der Waals surface area contributed by atoms with E-state index in [0.717, 1.165) is 22.6 Å². The molecule has 0 bridgehead atoms. The van der Waals surface area contributed by atoms with Crippen molar-refractivity contribution in [3.05, 3.63) is 95.0 Å². The largest absolute Gasteiger partial charge is 0.489 e. The minimum Gasteiger partial charge on any atom is -0.489 e. The van der Waals surface area contributed by atoms with E-state index in [0.29, 0.717) is 16.7 Å². The van der Waals surface area contributed by atoms with Crippen LogP contribution in [0.15, 0.2) is 84.0 Å². The summed E-state index contributed by atoms with van der Waals surface area (Å²) >= 11 is 11.2. The van der Waals surface area contributed by atoms with Crippen LogP contribution in [0.2, 0.25) is 5.02 Å². The fraction of sp³-hybridized carbons (Fsp3) is 0.0476. The summed E-state index contributed by atoms with van der Waals surface area (Å²) in [5.41, 5.74) is 5.61. The molecule has 0 unspecified atom stereocenters. The molecule has 0 saturated heterocycles. The average Bonchev–Trinajstić information content (AvgIpc) is 2.68. The molecule has 3 aromatic carbocycles.